The van der Waals surface area contributed by atoms with Gasteiger partial charge in [-0.25, -0.2) is 0 Å². The Morgan fingerprint density at radius 1 is 1.80 bits per heavy atom. The maximum absolute atomic E-state index is 9.10. The van der Waals surface area contributed by atoms with Crippen molar-refractivity contribution in [2.45, 2.75) is 0 Å². The third-order valence-electron chi connectivity index (χ3n) is 0.0745. The average Bonchev–Trinajstić information content (AvgIpc) is 1.37. The van der Waals surface area contributed by atoms with Gasteiger partial charge in [-0.1, -0.05) is 0 Å². The van der Waals surface area contributed by atoms with Gasteiger partial charge in [0.1, 0.15) is 6.29 Å². The first-order valence-electron chi connectivity index (χ1n) is 0.960. The molecule has 0 aliphatic heterocycles. The van der Waals surface area contributed by atoms with Crippen LogP contribution in [-0.2, 0) is 4.79 Å². The molecule has 0 bridgehead atoms. The van der Waals surface area contributed by atoms with Crippen molar-refractivity contribution in [2.24, 2.45) is 0 Å². The Labute approximate surface area is 48.7 Å². The van der Waals surface area contributed by atoms with E-state index >= 15 is 0 Å². The van der Waals surface area contributed by atoms with Crippen molar-refractivity contribution in [1.82, 2.24) is 0 Å². The van der Waals surface area contributed by atoms with Gasteiger partial charge in [-0.3, -0.25) is 0 Å². The summed E-state index contributed by atoms with van der Waals surface area (Å²) in [4.78, 5) is 9.10. The van der Waals surface area contributed by atoms with Crippen molar-refractivity contribution < 1.29 is 23.7 Å². The van der Waals surface area contributed by atoms with Crippen molar-refractivity contribution in [3.63, 3.8) is 0 Å². The van der Waals surface area contributed by atoms with Gasteiger partial charge >= 0.3 is 18.9 Å². The molecule has 0 rings (SSSR count). The van der Waals surface area contributed by atoms with Crippen molar-refractivity contribution in [3.05, 3.63) is 0 Å². The summed E-state index contributed by atoms with van der Waals surface area (Å²) >= 11 is 3.55. The molecular weight excluding hydrogens is 79.0 g/mol. The van der Waals surface area contributed by atoms with Gasteiger partial charge in [0.05, 0.1) is 0 Å². The third-order valence-corrected chi connectivity index (χ3v) is 0.224. The fourth-order valence-corrected chi connectivity index (χ4v) is 0. The molecule has 0 aliphatic carbocycles. The average molecular weight is 83.1 g/mol. The van der Waals surface area contributed by atoms with Crippen LogP contribution in [0, 0.1) is 0 Å². The van der Waals surface area contributed by atoms with Gasteiger partial charge in [-0.15, -0.1) is 0 Å². The van der Waals surface area contributed by atoms with Crippen LogP contribution in [-0.4, -0.2) is 12.0 Å². The normalized spacial score (nSPS) is 5.00. The number of hydrogen-bond acceptors (Lipinski definition) is 2. The van der Waals surface area contributed by atoms with E-state index in [1.165, 1.54) is 0 Å². The van der Waals surface area contributed by atoms with Crippen LogP contribution < -0.4 is 18.9 Å². The Hall–Kier alpha value is 0.617. The molecule has 0 aromatic rings. The number of hydrogen-bond donors (Lipinski definition) is 1. The smallest absolute Gasteiger partial charge is 0.302 e. The quantitative estimate of drug-likeness (QED) is 0.205. The predicted molar refractivity (Wildman–Crippen MR) is 19.9 cm³/mol. The molecule has 0 fully saturated rings. The summed E-state index contributed by atoms with van der Waals surface area (Å²) in [5, 5.41) is 0. The summed E-state index contributed by atoms with van der Waals surface area (Å²) in [6.07, 6.45) is 0.739. The molecule has 0 saturated carbocycles. The molecule has 0 radical (unpaired) electrons. The fraction of sp³-hybridized carbons (Fsp3) is 0.500. The molecule has 0 saturated heterocycles. The molecule has 0 aliphatic rings. The first-order valence-corrected chi connectivity index (χ1v) is 1.59. The van der Waals surface area contributed by atoms with Crippen LogP contribution in [0.2, 0.25) is 0 Å². The Morgan fingerprint density at radius 2 is 2.00 bits per heavy atom. The van der Waals surface area contributed by atoms with Gasteiger partial charge in [0, 0.05) is 5.75 Å². The summed E-state index contributed by atoms with van der Waals surface area (Å²) in [5.74, 6) is 0.333. The van der Waals surface area contributed by atoms with E-state index < -0.39 is 0 Å². The number of thiol groups is 1. The van der Waals surface area contributed by atoms with E-state index in [-0.39, 0.29) is 18.9 Å². The maximum atomic E-state index is 9.10. The van der Waals surface area contributed by atoms with Crippen molar-refractivity contribution >= 4 is 18.9 Å². The van der Waals surface area contributed by atoms with E-state index in [1.807, 2.05) is 0 Å². The standard InChI is InChI=1S/C2H4OS.Li/c3-1-2-4;/h1,4H,2H2;/q;+1. The van der Waals surface area contributed by atoms with Crippen molar-refractivity contribution in [2.75, 3.05) is 5.75 Å². The van der Waals surface area contributed by atoms with Gasteiger partial charge in [0.25, 0.3) is 0 Å². The van der Waals surface area contributed by atoms with Crippen LogP contribution in [0.1, 0.15) is 0 Å². The maximum Gasteiger partial charge on any atom is 1.00 e. The molecule has 0 amide bonds. The zero-order chi connectivity index (χ0) is 3.41. The summed E-state index contributed by atoms with van der Waals surface area (Å²) in [6, 6.07) is 0. The SMILES string of the molecule is O=CCS.[Li+]. The van der Waals surface area contributed by atoms with Gasteiger partial charge in [-0.2, -0.15) is 12.6 Å². The van der Waals surface area contributed by atoms with E-state index in [2.05, 4.69) is 12.6 Å². The molecular formula is C2H4LiOS+. The second kappa shape index (κ2) is 8.82. The van der Waals surface area contributed by atoms with Gasteiger partial charge < -0.3 is 4.79 Å². The minimum Gasteiger partial charge on any atom is -0.302 e. The van der Waals surface area contributed by atoms with E-state index in [9.17, 15) is 0 Å². The molecule has 0 heterocycles. The minimum atomic E-state index is 0. The molecule has 5 heavy (non-hydrogen) atoms. The number of carbonyl (C=O) groups is 1. The number of aldehydes is 1. The molecule has 3 heteroatoms. The van der Waals surface area contributed by atoms with Crippen LogP contribution in [0.3, 0.4) is 0 Å². The number of rotatable bonds is 1. The molecule has 0 spiro atoms. The molecule has 0 unspecified atom stereocenters. The predicted octanol–water partition coefficient (Wildman–Crippen LogP) is -2.88. The molecule has 0 aromatic heterocycles. The van der Waals surface area contributed by atoms with Crippen LogP contribution in [0.25, 0.3) is 0 Å². The van der Waals surface area contributed by atoms with Crippen LogP contribution in [0.15, 0.2) is 0 Å². The Balaban J connectivity index is 0. The van der Waals surface area contributed by atoms with Crippen LogP contribution in [0.4, 0.5) is 0 Å². The molecule has 1 nitrogen and oxygen atoms in total. The Bertz CT molecular complexity index is 23.6. The molecule has 0 aromatic carbocycles. The molecule has 0 atom stereocenters. The van der Waals surface area contributed by atoms with E-state index in [4.69, 9.17) is 4.79 Å². The first-order chi connectivity index (χ1) is 1.91. The molecule has 24 valence electrons. The first kappa shape index (κ1) is 9.15. The summed E-state index contributed by atoms with van der Waals surface area (Å²) in [7, 11) is 0. The van der Waals surface area contributed by atoms with Crippen LogP contribution in [0.5, 0.6) is 0 Å². The zero-order valence-corrected chi connectivity index (χ0v) is 4.03. The largest absolute Gasteiger partial charge is 1.00 e. The summed E-state index contributed by atoms with van der Waals surface area (Å²) in [5.41, 5.74) is 0. The van der Waals surface area contributed by atoms with Gasteiger partial charge in [0.2, 0.25) is 0 Å². The second-order valence-corrected chi connectivity index (χ2v) is 0.714. The zero-order valence-electron chi connectivity index (χ0n) is 3.14. The molecule has 0 N–H and O–H groups in total. The van der Waals surface area contributed by atoms with Gasteiger partial charge in [-0.05, 0) is 0 Å². The monoisotopic (exact) mass is 83.0 g/mol. The minimum absolute atomic E-state index is 0. The van der Waals surface area contributed by atoms with Gasteiger partial charge in [0.15, 0.2) is 0 Å². The summed E-state index contributed by atoms with van der Waals surface area (Å²) < 4.78 is 0. The third kappa shape index (κ3) is 12.1. The fourth-order valence-electron chi connectivity index (χ4n) is 0. The van der Waals surface area contributed by atoms with Crippen molar-refractivity contribution in [3.8, 4) is 0 Å². The van der Waals surface area contributed by atoms with E-state index in [0.29, 0.717) is 5.75 Å². The summed E-state index contributed by atoms with van der Waals surface area (Å²) in [6.45, 7) is 0. The van der Waals surface area contributed by atoms with Crippen LogP contribution >= 0.6 is 12.6 Å². The second-order valence-electron chi connectivity index (χ2n) is 0.349. The van der Waals surface area contributed by atoms with E-state index in [1.54, 1.807) is 0 Å². The topological polar surface area (TPSA) is 17.1 Å². The Morgan fingerprint density at radius 3 is 2.00 bits per heavy atom. The number of carbonyl (C=O) groups excluding carboxylic acids is 1. The Kier molecular flexibility index (Phi) is 16.1. The van der Waals surface area contributed by atoms with E-state index in [0.717, 1.165) is 6.29 Å². The van der Waals surface area contributed by atoms with Crippen molar-refractivity contribution in [1.29, 1.82) is 0 Å².